The zero-order chi connectivity index (χ0) is 14.6. The minimum atomic E-state index is -0.0409. The van der Waals surface area contributed by atoms with Crippen LogP contribution < -0.4 is 16.0 Å². The molecule has 1 amide bonds. The lowest BCUT2D eigenvalue weighted by molar-refractivity contribution is -0.120. The van der Waals surface area contributed by atoms with Crippen molar-refractivity contribution in [2.75, 3.05) is 24.2 Å². The summed E-state index contributed by atoms with van der Waals surface area (Å²) < 4.78 is 0. The first-order chi connectivity index (χ1) is 8.79. The molecular weight excluding hydrogens is 242 g/mol. The van der Waals surface area contributed by atoms with Crippen LogP contribution >= 0.6 is 0 Å². The molecule has 1 rings (SSSR count). The molecule has 3 N–H and O–H groups in total. The van der Waals surface area contributed by atoms with Crippen molar-refractivity contribution in [2.24, 2.45) is 0 Å². The number of nitrogens with one attached hydrogen (secondary N) is 1. The van der Waals surface area contributed by atoms with Crippen LogP contribution in [0, 0.1) is 0 Å². The van der Waals surface area contributed by atoms with Gasteiger partial charge in [0.05, 0.1) is 6.54 Å². The van der Waals surface area contributed by atoms with Gasteiger partial charge in [0.2, 0.25) is 5.91 Å². The molecule has 0 aliphatic rings. The molecule has 0 atom stereocenters. The van der Waals surface area contributed by atoms with Gasteiger partial charge in [-0.2, -0.15) is 0 Å². The number of aromatic nitrogens is 2. The summed E-state index contributed by atoms with van der Waals surface area (Å²) in [5, 5.41) is 2.84. The van der Waals surface area contributed by atoms with E-state index in [0.29, 0.717) is 17.5 Å². The number of hydrogen-bond donors (Lipinski definition) is 2. The van der Waals surface area contributed by atoms with E-state index in [0.717, 1.165) is 0 Å². The third-order valence-corrected chi connectivity index (χ3v) is 2.49. The Kier molecular flexibility index (Phi) is 5.09. The maximum absolute atomic E-state index is 11.7. The number of carbonyl (C=O) groups is 1. The van der Waals surface area contributed by atoms with Gasteiger partial charge in [-0.05, 0) is 13.8 Å². The zero-order valence-corrected chi connectivity index (χ0v) is 12.3. The maximum atomic E-state index is 11.7. The average molecular weight is 265 g/mol. The second kappa shape index (κ2) is 6.36. The molecular formula is C13H23N5O. The predicted molar refractivity (Wildman–Crippen MR) is 77.1 cm³/mol. The first kappa shape index (κ1) is 15.2. The summed E-state index contributed by atoms with van der Waals surface area (Å²) in [7, 11) is 1.81. The number of likely N-dealkylation sites (N-methyl/N-ethyl adjacent to an activating group) is 1. The lowest BCUT2D eigenvalue weighted by Crippen LogP contribution is -2.39. The third-order valence-electron chi connectivity index (χ3n) is 2.49. The Hall–Kier alpha value is -1.85. The van der Waals surface area contributed by atoms with E-state index in [2.05, 4.69) is 15.3 Å². The van der Waals surface area contributed by atoms with Crippen LogP contribution in [0.15, 0.2) is 6.07 Å². The molecule has 106 valence electrons. The predicted octanol–water partition coefficient (Wildman–Crippen LogP) is 1.14. The summed E-state index contributed by atoms with van der Waals surface area (Å²) in [6.07, 6.45) is 0. The van der Waals surface area contributed by atoms with E-state index in [1.165, 1.54) is 0 Å². The minimum Gasteiger partial charge on any atom is -0.384 e. The Labute approximate surface area is 114 Å². The van der Waals surface area contributed by atoms with Crippen LogP contribution in [-0.2, 0) is 4.79 Å². The second-order valence-corrected chi connectivity index (χ2v) is 5.24. The Bertz CT molecular complexity index is 445. The van der Waals surface area contributed by atoms with Gasteiger partial charge in [-0.15, -0.1) is 0 Å². The van der Waals surface area contributed by atoms with Crippen molar-refractivity contribution in [1.29, 1.82) is 0 Å². The molecule has 0 fully saturated rings. The maximum Gasteiger partial charge on any atom is 0.239 e. The van der Waals surface area contributed by atoms with Gasteiger partial charge < -0.3 is 16.0 Å². The van der Waals surface area contributed by atoms with Gasteiger partial charge >= 0.3 is 0 Å². The number of amides is 1. The number of nitrogens with zero attached hydrogens (tertiary/aromatic N) is 3. The highest BCUT2D eigenvalue weighted by molar-refractivity contribution is 5.81. The molecule has 0 spiro atoms. The molecule has 6 nitrogen and oxygen atoms in total. The summed E-state index contributed by atoms with van der Waals surface area (Å²) in [6, 6.07) is 1.80. The summed E-state index contributed by atoms with van der Waals surface area (Å²) in [5.41, 5.74) is 5.77. The number of nitrogen functional groups attached to an aromatic ring is 1. The Morgan fingerprint density at radius 3 is 2.53 bits per heavy atom. The normalized spacial score (nSPS) is 10.9. The first-order valence-electron chi connectivity index (χ1n) is 6.44. The van der Waals surface area contributed by atoms with Crippen LogP contribution in [0.3, 0.4) is 0 Å². The van der Waals surface area contributed by atoms with E-state index in [9.17, 15) is 4.79 Å². The van der Waals surface area contributed by atoms with Crippen molar-refractivity contribution in [3.05, 3.63) is 11.9 Å². The Morgan fingerprint density at radius 2 is 2.00 bits per heavy atom. The molecule has 0 unspecified atom stereocenters. The topological polar surface area (TPSA) is 84.1 Å². The number of rotatable bonds is 5. The number of hydrogen-bond acceptors (Lipinski definition) is 5. The lowest BCUT2D eigenvalue weighted by atomic mass is 10.2. The summed E-state index contributed by atoms with van der Waals surface area (Å²) in [6.45, 7) is 8.11. The van der Waals surface area contributed by atoms with Crippen molar-refractivity contribution in [3.8, 4) is 0 Å². The minimum absolute atomic E-state index is 0.0409. The van der Waals surface area contributed by atoms with E-state index < -0.39 is 0 Å². The third kappa shape index (κ3) is 4.73. The largest absolute Gasteiger partial charge is 0.384 e. The molecule has 1 aromatic rings. The Balaban J connectivity index is 2.81. The van der Waals surface area contributed by atoms with Crippen LogP contribution in [0.1, 0.15) is 39.4 Å². The highest BCUT2D eigenvalue weighted by Crippen LogP contribution is 2.17. The van der Waals surface area contributed by atoms with Crippen molar-refractivity contribution >= 4 is 17.5 Å². The van der Waals surface area contributed by atoms with E-state index >= 15 is 0 Å². The van der Waals surface area contributed by atoms with Crippen LogP contribution in [0.4, 0.5) is 11.6 Å². The van der Waals surface area contributed by atoms with Crippen LogP contribution in [0.25, 0.3) is 0 Å². The molecule has 0 radical (unpaired) electrons. The second-order valence-electron chi connectivity index (χ2n) is 5.24. The van der Waals surface area contributed by atoms with E-state index in [-0.39, 0.29) is 24.4 Å². The molecule has 0 bridgehead atoms. The van der Waals surface area contributed by atoms with Gasteiger partial charge in [-0.3, -0.25) is 4.79 Å². The molecule has 6 heteroatoms. The highest BCUT2D eigenvalue weighted by atomic mass is 16.2. The fraction of sp³-hybridized carbons (Fsp3) is 0.615. The van der Waals surface area contributed by atoms with E-state index in [1.807, 2.05) is 34.7 Å². The van der Waals surface area contributed by atoms with Crippen LogP contribution in [0.2, 0.25) is 0 Å². The molecule has 0 aliphatic carbocycles. The van der Waals surface area contributed by atoms with Gasteiger partial charge in [-0.1, -0.05) is 13.8 Å². The molecule has 0 saturated heterocycles. The molecule has 1 heterocycles. The van der Waals surface area contributed by atoms with Gasteiger partial charge in [0.15, 0.2) is 0 Å². The standard InChI is InChI=1S/C13H23N5O/c1-8(2)13-16-10(14)6-11(17-13)18(5)7-12(19)15-9(3)4/h6,8-9H,7H2,1-5H3,(H,15,19)(H2,14,16,17). The monoisotopic (exact) mass is 265 g/mol. The fourth-order valence-corrected chi connectivity index (χ4v) is 1.59. The van der Waals surface area contributed by atoms with Gasteiger partial charge in [0.1, 0.15) is 17.5 Å². The first-order valence-corrected chi connectivity index (χ1v) is 6.44. The van der Waals surface area contributed by atoms with Gasteiger partial charge in [-0.25, -0.2) is 9.97 Å². The summed E-state index contributed by atoms with van der Waals surface area (Å²) in [4.78, 5) is 22.1. The molecule has 19 heavy (non-hydrogen) atoms. The van der Waals surface area contributed by atoms with Crippen LogP contribution in [0.5, 0.6) is 0 Å². The van der Waals surface area contributed by atoms with E-state index in [1.54, 1.807) is 11.0 Å². The summed E-state index contributed by atoms with van der Waals surface area (Å²) in [5.74, 6) is 1.92. The van der Waals surface area contributed by atoms with Crippen molar-refractivity contribution < 1.29 is 4.79 Å². The average Bonchev–Trinajstić information content (AvgIpc) is 2.26. The lowest BCUT2D eigenvalue weighted by Gasteiger charge is -2.20. The van der Waals surface area contributed by atoms with E-state index in [4.69, 9.17) is 5.73 Å². The number of anilines is 2. The van der Waals surface area contributed by atoms with Crippen molar-refractivity contribution in [2.45, 2.75) is 39.7 Å². The zero-order valence-electron chi connectivity index (χ0n) is 12.3. The molecule has 0 aliphatic heterocycles. The molecule has 1 aromatic heterocycles. The fourth-order valence-electron chi connectivity index (χ4n) is 1.59. The smallest absolute Gasteiger partial charge is 0.239 e. The number of carbonyl (C=O) groups excluding carboxylic acids is 1. The van der Waals surface area contributed by atoms with Gasteiger partial charge in [0.25, 0.3) is 0 Å². The Morgan fingerprint density at radius 1 is 1.37 bits per heavy atom. The quantitative estimate of drug-likeness (QED) is 0.834. The molecule has 0 aromatic carbocycles. The summed E-state index contributed by atoms with van der Waals surface area (Å²) >= 11 is 0. The SMILES string of the molecule is CC(C)NC(=O)CN(C)c1cc(N)nc(C(C)C)n1. The van der Waals surface area contributed by atoms with Crippen molar-refractivity contribution in [1.82, 2.24) is 15.3 Å². The number of nitrogens with two attached hydrogens (primary N) is 1. The van der Waals surface area contributed by atoms with Gasteiger partial charge in [0, 0.05) is 25.1 Å². The van der Waals surface area contributed by atoms with Crippen molar-refractivity contribution in [3.63, 3.8) is 0 Å². The highest BCUT2D eigenvalue weighted by Gasteiger charge is 2.13. The molecule has 0 saturated carbocycles. The van der Waals surface area contributed by atoms with Crippen LogP contribution in [-0.4, -0.2) is 35.5 Å².